The monoisotopic (exact) mass is 277 g/mol. The molecule has 1 aliphatic rings. The lowest BCUT2D eigenvalue weighted by Crippen LogP contribution is -2.48. The average molecular weight is 277 g/mol. The highest BCUT2D eigenvalue weighted by molar-refractivity contribution is 5.85. The number of carbonyl (C=O) groups excluding carboxylic acids is 1. The van der Waals surface area contributed by atoms with Gasteiger partial charge in [0.25, 0.3) is 5.91 Å². The van der Waals surface area contributed by atoms with E-state index >= 15 is 0 Å². The number of carbonyl (C=O) groups is 1. The topological polar surface area (TPSA) is 69.6 Å². The number of aliphatic hydroxyl groups is 2. The molecule has 0 saturated heterocycles. The second kappa shape index (κ2) is 6.37. The molecule has 1 aromatic rings. The van der Waals surface area contributed by atoms with Gasteiger partial charge in [-0.05, 0) is 44.6 Å². The van der Waals surface area contributed by atoms with Crippen LogP contribution in [0.2, 0.25) is 0 Å². The van der Waals surface area contributed by atoms with E-state index in [0.717, 1.165) is 18.4 Å². The number of aliphatic hydroxyl groups excluding tert-OH is 1. The molecule has 2 atom stereocenters. The van der Waals surface area contributed by atoms with Gasteiger partial charge in [0.15, 0.2) is 0 Å². The van der Waals surface area contributed by atoms with Crippen molar-refractivity contribution in [3.05, 3.63) is 35.9 Å². The van der Waals surface area contributed by atoms with Crippen LogP contribution in [0.25, 0.3) is 0 Å². The molecule has 0 heterocycles. The number of hydrogen-bond donors (Lipinski definition) is 3. The highest BCUT2D eigenvalue weighted by Crippen LogP contribution is 2.29. The second-order valence-corrected chi connectivity index (χ2v) is 5.78. The highest BCUT2D eigenvalue weighted by Gasteiger charge is 2.39. The van der Waals surface area contributed by atoms with Crippen LogP contribution in [0.3, 0.4) is 0 Å². The average Bonchev–Trinajstić information content (AvgIpc) is 2.88. The van der Waals surface area contributed by atoms with Crippen LogP contribution in [0, 0.1) is 0 Å². The van der Waals surface area contributed by atoms with Crippen molar-refractivity contribution in [1.82, 2.24) is 5.32 Å². The normalized spacial score (nSPS) is 20.4. The van der Waals surface area contributed by atoms with Gasteiger partial charge in [-0.2, -0.15) is 0 Å². The first-order valence-corrected chi connectivity index (χ1v) is 7.27. The lowest BCUT2D eigenvalue weighted by atomic mass is 9.99. The molecule has 0 radical (unpaired) electrons. The first-order chi connectivity index (χ1) is 9.51. The minimum Gasteiger partial charge on any atom is -0.388 e. The van der Waals surface area contributed by atoms with Gasteiger partial charge in [0, 0.05) is 6.04 Å². The fraction of sp³-hybridized carbons (Fsp3) is 0.562. The molecule has 1 aromatic carbocycles. The van der Waals surface area contributed by atoms with E-state index in [9.17, 15) is 15.0 Å². The van der Waals surface area contributed by atoms with E-state index in [4.69, 9.17) is 0 Å². The number of hydrogen-bond acceptors (Lipinski definition) is 3. The Morgan fingerprint density at radius 3 is 2.50 bits per heavy atom. The predicted octanol–water partition coefficient (Wildman–Crippen LogP) is 1.92. The van der Waals surface area contributed by atoms with E-state index in [1.165, 1.54) is 0 Å². The predicted molar refractivity (Wildman–Crippen MR) is 77.0 cm³/mol. The van der Waals surface area contributed by atoms with Gasteiger partial charge in [0.05, 0.1) is 6.10 Å². The fourth-order valence-corrected chi connectivity index (χ4v) is 2.75. The van der Waals surface area contributed by atoms with Crippen LogP contribution in [-0.2, 0) is 4.79 Å². The summed E-state index contributed by atoms with van der Waals surface area (Å²) in [5.74, 6) is -0.303. The summed E-state index contributed by atoms with van der Waals surface area (Å²) in [7, 11) is 0. The first kappa shape index (κ1) is 15.0. The Balaban J connectivity index is 1.86. The number of amides is 1. The zero-order valence-corrected chi connectivity index (χ0v) is 11.9. The fourth-order valence-electron chi connectivity index (χ4n) is 2.75. The maximum atomic E-state index is 12.1. The van der Waals surface area contributed by atoms with Crippen molar-refractivity contribution in [3.63, 3.8) is 0 Å². The van der Waals surface area contributed by atoms with Crippen molar-refractivity contribution in [3.8, 4) is 0 Å². The van der Waals surface area contributed by atoms with Gasteiger partial charge < -0.3 is 15.5 Å². The molecule has 1 fully saturated rings. The minimum absolute atomic E-state index is 0.178. The third kappa shape index (κ3) is 3.58. The molecule has 0 bridgehead atoms. The molecule has 0 unspecified atom stereocenters. The molecule has 4 nitrogen and oxygen atoms in total. The van der Waals surface area contributed by atoms with Gasteiger partial charge in [-0.25, -0.2) is 0 Å². The highest BCUT2D eigenvalue weighted by atomic mass is 16.3. The molecule has 2 rings (SSSR count). The Morgan fingerprint density at radius 1 is 1.30 bits per heavy atom. The van der Waals surface area contributed by atoms with Crippen LogP contribution in [0.5, 0.6) is 0 Å². The Morgan fingerprint density at radius 2 is 1.90 bits per heavy atom. The first-order valence-electron chi connectivity index (χ1n) is 7.27. The van der Waals surface area contributed by atoms with Gasteiger partial charge in [-0.1, -0.05) is 30.3 Å². The summed E-state index contributed by atoms with van der Waals surface area (Å²) in [4.78, 5) is 12.1. The smallest absolute Gasteiger partial charge is 0.252 e. The number of benzene rings is 1. The molecule has 20 heavy (non-hydrogen) atoms. The molecule has 1 saturated carbocycles. The van der Waals surface area contributed by atoms with Crippen LogP contribution < -0.4 is 5.32 Å². The molecule has 3 N–H and O–H groups in total. The lowest BCUT2D eigenvalue weighted by Gasteiger charge is -2.25. The summed E-state index contributed by atoms with van der Waals surface area (Å²) in [5, 5.41) is 23.1. The Kier molecular flexibility index (Phi) is 4.78. The molecule has 0 aromatic heterocycles. The molecule has 4 heteroatoms. The van der Waals surface area contributed by atoms with Gasteiger partial charge >= 0.3 is 0 Å². The lowest BCUT2D eigenvalue weighted by molar-refractivity contribution is -0.140. The zero-order valence-electron chi connectivity index (χ0n) is 11.9. The summed E-state index contributed by atoms with van der Waals surface area (Å²) < 4.78 is 0. The van der Waals surface area contributed by atoms with Crippen LogP contribution in [0.15, 0.2) is 30.3 Å². The quantitative estimate of drug-likeness (QED) is 0.770. The van der Waals surface area contributed by atoms with Crippen LogP contribution in [-0.4, -0.2) is 27.8 Å². The number of nitrogens with one attached hydrogen (secondary N) is 1. The van der Waals surface area contributed by atoms with Crippen molar-refractivity contribution in [2.75, 3.05) is 0 Å². The van der Waals surface area contributed by atoms with Crippen molar-refractivity contribution >= 4 is 5.91 Å². The molecule has 0 aliphatic heterocycles. The van der Waals surface area contributed by atoms with E-state index in [1.807, 2.05) is 37.3 Å². The van der Waals surface area contributed by atoms with Crippen LogP contribution in [0.1, 0.15) is 50.7 Å². The SMILES string of the molecule is C[C@@H](C[C@@H](O)c1ccccc1)NC(=O)C1(O)CCCC1. The molecular formula is C16H23NO3. The maximum absolute atomic E-state index is 12.1. The van der Waals surface area contributed by atoms with Crippen molar-refractivity contribution in [1.29, 1.82) is 0 Å². The summed E-state index contributed by atoms with van der Waals surface area (Å²) in [6, 6.07) is 9.21. The Bertz CT molecular complexity index is 440. The largest absolute Gasteiger partial charge is 0.388 e. The molecule has 110 valence electrons. The van der Waals surface area contributed by atoms with E-state index in [2.05, 4.69) is 5.32 Å². The second-order valence-electron chi connectivity index (χ2n) is 5.78. The van der Waals surface area contributed by atoms with E-state index < -0.39 is 11.7 Å². The van der Waals surface area contributed by atoms with Crippen molar-refractivity contribution < 1.29 is 15.0 Å². The summed E-state index contributed by atoms with van der Waals surface area (Å²) >= 11 is 0. The van der Waals surface area contributed by atoms with Crippen LogP contribution >= 0.6 is 0 Å². The molecule has 0 spiro atoms. The van der Waals surface area contributed by atoms with E-state index in [0.29, 0.717) is 19.3 Å². The molecular weight excluding hydrogens is 254 g/mol. The van der Waals surface area contributed by atoms with Gasteiger partial charge in [-0.3, -0.25) is 4.79 Å². The van der Waals surface area contributed by atoms with E-state index in [1.54, 1.807) is 0 Å². The maximum Gasteiger partial charge on any atom is 0.252 e. The molecule has 1 aliphatic carbocycles. The van der Waals surface area contributed by atoms with Gasteiger partial charge in [0.1, 0.15) is 5.60 Å². The summed E-state index contributed by atoms with van der Waals surface area (Å²) in [6.07, 6.45) is 2.69. The zero-order chi connectivity index (χ0) is 14.6. The molecule has 1 amide bonds. The van der Waals surface area contributed by atoms with Crippen molar-refractivity contribution in [2.45, 2.75) is 56.8 Å². The summed E-state index contributed by atoms with van der Waals surface area (Å²) in [5.41, 5.74) is -0.362. The van der Waals surface area contributed by atoms with Crippen molar-refractivity contribution in [2.24, 2.45) is 0 Å². The third-order valence-electron chi connectivity index (χ3n) is 3.99. The van der Waals surface area contributed by atoms with E-state index in [-0.39, 0.29) is 11.9 Å². The van der Waals surface area contributed by atoms with Crippen LogP contribution in [0.4, 0.5) is 0 Å². The standard InChI is InChI=1S/C16H23NO3/c1-12(11-14(18)13-7-3-2-4-8-13)17-15(19)16(20)9-5-6-10-16/h2-4,7-8,12,14,18,20H,5-6,9-11H2,1H3,(H,17,19)/t12-,14+/m0/s1. The third-order valence-corrected chi connectivity index (χ3v) is 3.99. The Hall–Kier alpha value is -1.39. The number of rotatable bonds is 5. The minimum atomic E-state index is -1.20. The Labute approximate surface area is 119 Å². The van der Waals surface area contributed by atoms with Gasteiger partial charge in [-0.15, -0.1) is 0 Å². The van der Waals surface area contributed by atoms with Gasteiger partial charge in [0.2, 0.25) is 0 Å². The summed E-state index contributed by atoms with van der Waals surface area (Å²) in [6.45, 7) is 1.85.